The van der Waals surface area contributed by atoms with E-state index >= 15 is 0 Å². The molecule has 0 aliphatic carbocycles. The van der Waals surface area contributed by atoms with Crippen molar-refractivity contribution in [3.8, 4) is 0 Å². The molecule has 0 aliphatic heterocycles. The lowest BCUT2D eigenvalue weighted by molar-refractivity contribution is -0.113. The number of anilines is 1. The first kappa shape index (κ1) is 15.8. The molecule has 21 heavy (non-hydrogen) atoms. The summed E-state index contributed by atoms with van der Waals surface area (Å²) in [6.07, 6.45) is 0.770. The van der Waals surface area contributed by atoms with Gasteiger partial charge in [-0.05, 0) is 18.2 Å². The molecule has 112 valence electrons. The van der Waals surface area contributed by atoms with Crippen LogP contribution in [-0.4, -0.2) is 26.4 Å². The number of carbonyl (C=O) groups excluding carboxylic acids is 1. The van der Waals surface area contributed by atoms with Crippen molar-refractivity contribution in [2.75, 3.05) is 11.1 Å². The zero-order valence-corrected chi connectivity index (χ0v) is 13.1. The summed E-state index contributed by atoms with van der Waals surface area (Å²) in [6.45, 7) is 1.98. The third kappa shape index (κ3) is 3.95. The molecule has 1 heterocycles. The van der Waals surface area contributed by atoms with E-state index in [1.54, 1.807) is 0 Å². The number of aryl methyl sites for hydroxylation is 1. The van der Waals surface area contributed by atoms with Gasteiger partial charge in [0, 0.05) is 18.5 Å². The number of carbonyl (C=O) groups is 1. The van der Waals surface area contributed by atoms with Gasteiger partial charge in [0.25, 0.3) is 0 Å². The molecule has 0 saturated carbocycles. The van der Waals surface area contributed by atoms with Gasteiger partial charge >= 0.3 is 0 Å². The summed E-state index contributed by atoms with van der Waals surface area (Å²) in [5.41, 5.74) is 0.109. The second-order valence-electron chi connectivity index (χ2n) is 4.27. The molecule has 1 N–H and O–H groups in total. The molecule has 1 amide bonds. The predicted molar refractivity (Wildman–Crippen MR) is 81.1 cm³/mol. The molecular formula is C13H14ClFN4OS. The standard InChI is InChI=1S/C13H14ClFN4OS/c1-3-11-17-18-13(19(11)2)21-7-12(20)16-10-5-4-8(14)6-9(10)15/h4-6H,3,7H2,1-2H3,(H,16,20). The second-order valence-corrected chi connectivity index (χ2v) is 5.65. The van der Waals surface area contributed by atoms with E-state index in [-0.39, 0.29) is 22.4 Å². The number of aromatic nitrogens is 3. The first-order valence-corrected chi connectivity index (χ1v) is 7.63. The molecule has 0 saturated heterocycles. The number of rotatable bonds is 5. The molecule has 1 aromatic heterocycles. The normalized spacial score (nSPS) is 10.7. The van der Waals surface area contributed by atoms with Crippen LogP contribution in [0.1, 0.15) is 12.7 Å². The van der Waals surface area contributed by atoms with Crippen LogP contribution in [0.4, 0.5) is 10.1 Å². The quantitative estimate of drug-likeness (QED) is 0.857. The van der Waals surface area contributed by atoms with Crippen LogP contribution >= 0.6 is 23.4 Å². The summed E-state index contributed by atoms with van der Waals surface area (Å²) >= 11 is 6.90. The van der Waals surface area contributed by atoms with Crippen LogP contribution in [-0.2, 0) is 18.3 Å². The van der Waals surface area contributed by atoms with E-state index in [0.29, 0.717) is 5.16 Å². The van der Waals surface area contributed by atoms with Crippen LogP contribution in [0, 0.1) is 5.82 Å². The third-order valence-electron chi connectivity index (χ3n) is 2.78. The van der Waals surface area contributed by atoms with Crippen molar-refractivity contribution in [3.63, 3.8) is 0 Å². The Labute approximate surface area is 130 Å². The van der Waals surface area contributed by atoms with Crippen LogP contribution in [0.2, 0.25) is 5.02 Å². The molecule has 0 radical (unpaired) electrons. The van der Waals surface area contributed by atoms with Crippen molar-refractivity contribution in [1.29, 1.82) is 0 Å². The molecular weight excluding hydrogens is 315 g/mol. The lowest BCUT2D eigenvalue weighted by Crippen LogP contribution is -2.15. The molecule has 8 heteroatoms. The fourth-order valence-electron chi connectivity index (χ4n) is 1.69. The second kappa shape index (κ2) is 6.91. The number of thioether (sulfide) groups is 1. The van der Waals surface area contributed by atoms with Crippen LogP contribution < -0.4 is 5.32 Å². The average Bonchev–Trinajstić information content (AvgIpc) is 2.80. The Morgan fingerprint density at radius 1 is 1.48 bits per heavy atom. The van der Waals surface area contributed by atoms with E-state index in [9.17, 15) is 9.18 Å². The number of amides is 1. The summed E-state index contributed by atoms with van der Waals surface area (Å²) in [6, 6.07) is 4.10. The van der Waals surface area contributed by atoms with Gasteiger partial charge < -0.3 is 9.88 Å². The molecule has 0 aliphatic rings. The topological polar surface area (TPSA) is 59.8 Å². The zero-order valence-electron chi connectivity index (χ0n) is 11.6. The van der Waals surface area contributed by atoms with Gasteiger partial charge in [-0.3, -0.25) is 4.79 Å². The maximum Gasteiger partial charge on any atom is 0.234 e. The van der Waals surface area contributed by atoms with E-state index in [2.05, 4.69) is 15.5 Å². The summed E-state index contributed by atoms with van der Waals surface area (Å²) in [7, 11) is 1.85. The summed E-state index contributed by atoms with van der Waals surface area (Å²) in [4.78, 5) is 11.8. The van der Waals surface area contributed by atoms with E-state index in [0.717, 1.165) is 18.3 Å². The molecule has 2 rings (SSSR count). The Morgan fingerprint density at radius 3 is 2.86 bits per heavy atom. The highest BCUT2D eigenvalue weighted by Gasteiger charge is 2.12. The van der Waals surface area contributed by atoms with Gasteiger partial charge in [0.2, 0.25) is 5.91 Å². The van der Waals surface area contributed by atoms with Crippen molar-refractivity contribution in [2.24, 2.45) is 7.05 Å². The largest absolute Gasteiger partial charge is 0.323 e. The van der Waals surface area contributed by atoms with E-state index < -0.39 is 5.82 Å². The van der Waals surface area contributed by atoms with Gasteiger partial charge in [-0.1, -0.05) is 30.3 Å². The lowest BCUT2D eigenvalue weighted by atomic mass is 10.3. The number of benzene rings is 1. The number of hydrogen-bond acceptors (Lipinski definition) is 4. The lowest BCUT2D eigenvalue weighted by Gasteiger charge is -2.06. The van der Waals surface area contributed by atoms with Crippen molar-refractivity contribution in [3.05, 3.63) is 34.9 Å². The Bertz CT molecular complexity index is 662. The minimum Gasteiger partial charge on any atom is -0.323 e. The Hall–Kier alpha value is -1.60. The molecule has 0 bridgehead atoms. The number of nitrogens with zero attached hydrogens (tertiary/aromatic N) is 3. The van der Waals surface area contributed by atoms with Crippen molar-refractivity contribution < 1.29 is 9.18 Å². The maximum absolute atomic E-state index is 13.6. The highest BCUT2D eigenvalue weighted by molar-refractivity contribution is 7.99. The molecule has 0 spiro atoms. The van der Waals surface area contributed by atoms with Crippen LogP contribution in [0.25, 0.3) is 0 Å². The predicted octanol–water partition coefficient (Wildman–Crippen LogP) is 2.90. The number of nitrogens with one attached hydrogen (secondary N) is 1. The van der Waals surface area contributed by atoms with Crippen LogP contribution in [0.5, 0.6) is 0 Å². The molecule has 0 fully saturated rings. The van der Waals surface area contributed by atoms with Gasteiger partial charge in [0.1, 0.15) is 11.6 Å². The van der Waals surface area contributed by atoms with Gasteiger partial charge in [0.15, 0.2) is 5.16 Å². The fraction of sp³-hybridized carbons (Fsp3) is 0.308. The summed E-state index contributed by atoms with van der Waals surface area (Å²) < 4.78 is 15.4. The first-order valence-electron chi connectivity index (χ1n) is 6.27. The third-order valence-corrected chi connectivity index (χ3v) is 4.03. The highest BCUT2D eigenvalue weighted by Crippen LogP contribution is 2.20. The van der Waals surface area contributed by atoms with E-state index in [1.165, 1.54) is 23.9 Å². The van der Waals surface area contributed by atoms with Crippen molar-refractivity contribution in [1.82, 2.24) is 14.8 Å². The van der Waals surface area contributed by atoms with Crippen LogP contribution in [0.15, 0.2) is 23.4 Å². The Morgan fingerprint density at radius 2 is 2.24 bits per heavy atom. The Balaban J connectivity index is 1.94. The molecule has 5 nitrogen and oxygen atoms in total. The zero-order chi connectivity index (χ0) is 15.4. The minimum absolute atomic E-state index is 0.109. The number of halogens is 2. The maximum atomic E-state index is 13.6. The number of hydrogen-bond donors (Lipinski definition) is 1. The first-order chi connectivity index (χ1) is 10.0. The minimum atomic E-state index is -0.562. The van der Waals surface area contributed by atoms with Crippen molar-refractivity contribution in [2.45, 2.75) is 18.5 Å². The Kier molecular flexibility index (Phi) is 5.19. The van der Waals surface area contributed by atoms with Crippen LogP contribution in [0.3, 0.4) is 0 Å². The summed E-state index contributed by atoms with van der Waals surface area (Å²) in [5, 5.41) is 11.4. The summed E-state index contributed by atoms with van der Waals surface area (Å²) in [5.74, 6) is 0.0919. The van der Waals surface area contributed by atoms with Gasteiger partial charge in [-0.25, -0.2) is 4.39 Å². The SMILES string of the molecule is CCc1nnc(SCC(=O)Nc2ccc(Cl)cc2F)n1C. The molecule has 0 unspecified atom stereocenters. The average molecular weight is 329 g/mol. The van der Waals surface area contributed by atoms with Gasteiger partial charge in [-0.15, -0.1) is 10.2 Å². The molecule has 1 aromatic carbocycles. The van der Waals surface area contributed by atoms with Crippen molar-refractivity contribution >= 4 is 35.0 Å². The fourth-order valence-corrected chi connectivity index (χ4v) is 2.57. The molecule has 0 atom stereocenters. The monoisotopic (exact) mass is 328 g/mol. The van der Waals surface area contributed by atoms with Gasteiger partial charge in [-0.2, -0.15) is 0 Å². The smallest absolute Gasteiger partial charge is 0.234 e. The molecule has 2 aromatic rings. The van der Waals surface area contributed by atoms with E-state index in [1.807, 2.05) is 18.5 Å². The van der Waals surface area contributed by atoms with Gasteiger partial charge in [0.05, 0.1) is 11.4 Å². The van der Waals surface area contributed by atoms with E-state index in [4.69, 9.17) is 11.6 Å². The highest BCUT2D eigenvalue weighted by atomic mass is 35.5.